The SMILES string of the molecule is CCC1CC(=C(F)c2cc(Cl)ccc2C)c2c(F)cc(Br)cc2OC1c1cnc(C2CC2)s1. The summed E-state index contributed by atoms with van der Waals surface area (Å²) in [6.45, 7) is 3.89. The number of nitrogens with zero attached hydrogens (tertiary/aromatic N) is 1. The molecule has 1 aliphatic carbocycles. The van der Waals surface area contributed by atoms with E-state index in [1.165, 1.54) is 18.9 Å². The second kappa shape index (κ2) is 9.12. The van der Waals surface area contributed by atoms with Gasteiger partial charge in [0.1, 0.15) is 23.5 Å². The number of benzene rings is 2. The molecule has 2 heterocycles. The molecule has 0 saturated heterocycles. The average Bonchev–Trinajstić information content (AvgIpc) is 3.55. The molecule has 2 aliphatic rings. The van der Waals surface area contributed by atoms with E-state index < -0.39 is 11.6 Å². The first-order valence-corrected chi connectivity index (χ1v) is 13.1. The van der Waals surface area contributed by atoms with Gasteiger partial charge in [0.05, 0.1) is 15.4 Å². The van der Waals surface area contributed by atoms with E-state index in [-0.39, 0.29) is 17.6 Å². The van der Waals surface area contributed by atoms with E-state index in [1.54, 1.807) is 35.6 Å². The predicted octanol–water partition coefficient (Wildman–Crippen LogP) is 9.27. The third kappa shape index (κ3) is 4.50. The smallest absolute Gasteiger partial charge is 0.138 e. The maximum atomic E-state index is 16.1. The molecule has 7 heteroatoms. The number of hydrogen-bond donors (Lipinski definition) is 0. The maximum absolute atomic E-state index is 16.1. The Bertz CT molecular complexity index is 1250. The molecule has 1 fully saturated rings. The highest BCUT2D eigenvalue weighted by Crippen LogP contribution is 2.50. The fourth-order valence-corrected chi connectivity index (χ4v) is 6.23. The Kier molecular flexibility index (Phi) is 6.36. The topological polar surface area (TPSA) is 22.1 Å². The lowest BCUT2D eigenvalue weighted by Crippen LogP contribution is -2.16. The summed E-state index contributed by atoms with van der Waals surface area (Å²) < 4.78 is 38.5. The van der Waals surface area contributed by atoms with Crippen molar-refractivity contribution in [2.45, 2.75) is 51.6 Å². The zero-order valence-electron chi connectivity index (χ0n) is 18.3. The molecule has 1 aliphatic heterocycles. The third-order valence-electron chi connectivity index (χ3n) is 6.44. The number of aromatic nitrogens is 1. The summed E-state index contributed by atoms with van der Waals surface area (Å²) in [5, 5.41) is 1.57. The van der Waals surface area contributed by atoms with Crippen molar-refractivity contribution in [2.24, 2.45) is 5.92 Å². The minimum Gasteiger partial charge on any atom is -0.484 e. The van der Waals surface area contributed by atoms with E-state index in [1.807, 2.05) is 13.1 Å². The molecular formula is C26H23BrClF2NOS. The molecule has 1 aromatic heterocycles. The van der Waals surface area contributed by atoms with Gasteiger partial charge < -0.3 is 4.74 Å². The molecule has 2 unspecified atom stereocenters. The Morgan fingerprint density at radius 2 is 2.06 bits per heavy atom. The summed E-state index contributed by atoms with van der Waals surface area (Å²) in [6.07, 6.45) is 5.01. The fraction of sp³-hybridized carbons (Fsp3) is 0.346. The number of allylic oxidation sites excluding steroid dienone is 1. The standard InChI is InChI=1S/C26H23BrClF2NOS/c1-3-14-8-19(24(30)18-11-17(28)7-4-13(18)2)23-20(29)9-16(27)10-21(23)32-25(14)22-12-31-26(33-22)15-5-6-15/h4,7,9-12,14-15,25H,3,5-6,8H2,1-2H3. The van der Waals surface area contributed by atoms with Crippen LogP contribution in [-0.2, 0) is 0 Å². The Balaban J connectivity index is 1.68. The van der Waals surface area contributed by atoms with Crippen LogP contribution in [0.5, 0.6) is 5.75 Å². The molecule has 172 valence electrons. The number of hydrogen-bond acceptors (Lipinski definition) is 3. The highest BCUT2D eigenvalue weighted by atomic mass is 79.9. The molecule has 2 nitrogen and oxygen atoms in total. The summed E-state index contributed by atoms with van der Waals surface area (Å²) in [4.78, 5) is 5.63. The summed E-state index contributed by atoms with van der Waals surface area (Å²) in [5.41, 5.74) is 1.63. The number of fused-ring (bicyclic) bond motifs is 1. The average molecular weight is 551 g/mol. The molecule has 2 aromatic carbocycles. The van der Waals surface area contributed by atoms with Crippen molar-refractivity contribution in [3.05, 3.63) is 78.4 Å². The van der Waals surface area contributed by atoms with Crippen LogP contribution in [0.1, 0.15) is 71.2 Å². The van der Waals surface area contributed by atoms with E-state index in [2.05, 4.69) is 27.8 Å². The summed E-state index contributed by atoms with van der Waals surface area (Å²) in [7, 11) is 0. The lowest BCUT2D eigenvalue weighted by atomic mass is 9.87. The lowest BCUT2D eigenvalue weighted by Gasteiger charge is -2.23. The van der Waals surface area contributed by atoms with E-state index in [0.29, 0.717) is 38.7 Å². The van der Waals surface area contributed by atoms with Crippen LogP contribution in [0, 0.1) is 18.7 Å². The Morgan fingerprint density at radius 1 is 1.27 bits per heavy atom. The largest absolute Gasteiger partial charge is 0.484 e. The number of halogens is 4. The minimum atomic E-state index is -0.511. The van der Waals surface area contributed by atoms with Gasteiger partial charge in [-0.05, 0) is 62.4 Å². The predicted molar refractivity (Wildman–Crippen MR) is 134 cm³/mol. The Hall–Kier alpha value is -1.76. The van der Waals surface area contributed by atoms with Crippen molar-refractivity contribution >= 4 is 50.3 Å². The summed E-state index contributed by atoms with van der Waals surface area (Å²) >= 11 is 11.2. The van der Waals surface area contributed by atoms with E-state index >= 15 is 8.78 Å². The molecule has 0 N–H and O–H groups in total. The van der Waals surface area contributed by atoms with Gasteiger partial charge in [-0.1, -0.05) is 40.5 Å². The molecule has 0 amide bonds. The van der Waals surface area contributed by atoms with Gasteiger partial charge in [0, 0.05) is 38.7 Å². The third-order valence-corrected chi connectivity index (χ3v) is 8.36. The van der Waals surface area contributed by atoms with E-state index in [9.17, 15) is 0 Å². The van der Waals surface area contributed by atoms with Gasteiger partial charge in [-0.3, -0.25) is 0 Å². The van der Waals surface area contributed by atoms with Crippen molar-refractivity contribution in [2.75, 3.05) is 0 Å². The first-order valence-electron chi connectivity index (χ1n) is 11.1. The van der Waals surface area contributed by atoms with Gasteiger partial charge in [-0.2, -0.15) is 0 Å². The molecule has 0 bridgehead atoms. The highest BCUT2D eigenvalue weighted by molar-refractivity contribution is 9.10. The summed E-state index contributed by atoms with van der Waals surface area (Å²) in [6, 6.07) is 8.20. The number of rotatable bonds is 4. The molecule has 2 atom stereocenters. The molecule has 0 spiro atoms. The van der Waals surface area contributed by atoms with Crippen molar-refractivity contribution < 1.29 is 13.5 Å². The van der Waals surface area contributed by atoms with Crippen LogP contribution in [0.4, 0.5) is 8.78 Å². The van der Waals surface area contributed by atoms with E-state index in [4.69, 9.17) is 16.3 Å². The van der Waals surface area contributed by atoms with Gasteiger partial charge in [0.25, 0.3) is 0 Å². The van der Waals surface area contributed by atoms with E-state index in [0.717, 1.165) is 21.9 Å². The van der Waals surface area contributed by atoms with Crippen LogP contribution in [0.15, 0.2) is 41.0 Å². The molecule has 5 rings (SSSR count). The quantitative estimate of drug-likeness (QED) is 0.323. The van der Waals surface area contributed by atoms with Crippen molar-refractivity contribution in [1.82, 2.24) is 4.98 Å². The van der Waals surface area contributed by atoms with Gasteiger partial charge in [-0.15, -0.1) is 11.3 Å². The zero-order chi connectivity index (χ0) is 23.3. The number of aryl methyl sites for hydroxylation is 1. The second-order valence-electron chi connectivity index (χ2n) is 8.80. The van der Waals surface area contributed by atoms with Crippen LogP contribution in [0.25, 0.3) is 11.4 Å². The molecule has 3 aromatic rings. The normalized spacial score (nSPS) is 21.9. The highest BCUT2D eigenvalue weighted by Gasteiger charge is 2.36. The van der Waals surface area contributed by atoms with Crippen LogP contribution >= 0.6 is 38.9 Å². The Morgan fingerprint density at radius 3 is 2.79 bits per heavy atom. The maximum Gasteiger partial charge on any atom is 0.138 e. The minimum absolute atomic E-state index is 0.0386. The van der Waals surface area contributed by atoms with Gasteiger partial charge in [-0.25, -0.2) is 13.8 Å². The zero-order valence-corrected chi connectivity index (χ0v) is 21.5. The Labute approximate surface area is 209 Å². The molecule has 0 radical (unpaired) electrons. The molecule has 33 heavy (non-hydrogen) atoms. The number of ether oxygens (including phenoxy) is 1. The first-order chi connectivity index (χ1) is 15.9. The summed E-state index contributed by atoms with van der Waals surface area (Å²) in [5.74, 6) is -0.115. The van der Waals surface area contributed by atoms with Crippen LogP contribution < -0.4 is 4.74 Å². The van der Waals surface area contributed by atoms with Crippen LogP contribution in [0.3, 0.4) is 0 Å². The van der Waals surface area contributed by atoms with Gasteiger partial charge in [0.15, 0.2) is 0 Å². The molecular weight excluding hydrogens is 528 g/mol. The lowest BCUT2D eigenvalue weighted by molar-refractivity contribution is 0.141. The number of thiazole rings is 1. The monoisotopic (exact) mass is 549 g/mol. The first kappa shape index (κ1) is 23.0. The van der Waals surface area contributed by atoms with Crippen LogP contribution in [0.2, 0.25) is 5.02 Å². The van der Waals surface area contributed by atoms with Gasteiger partial charge in [0.2, 0.25) is 0 Å². The second-order valence-corrected chi connectivity index (χ2v) is 11.2. The van der Waals surface area contributed by atoms with Gasteiger partial charge >= 0.3 is 0 Å². The van der Waals surface area contributed by atoms with Crippen molar-refractivity contribution in [1.29, 1.82) is 0 Å². The molecule has 1 saturated carbocycles. The van der Waals surface area contributed by atoms with Crippen molar-refractivity contribution in [3.63, 3.8) is 0 Å². The fourth-order valence-electron chi connectivity index (χ4n) is 4.43. The van der Waals surface area contributed by atoms with Crippen molar-refractivity contribution in [3.8, 4) is 5.75 Å². The van der Waals surface area contributed by atoms with Crippen LogP contribution in [-0.4, -0.2) is 4.98 Å².